The molecular formula is C16H20N2O2. The Bertz CT molecular complexity index is 597. The molecule has 4 nitrogen and oxygen atoms in total. The number of carboxylic acids is 1. The number of aryl methyl sites for hydroxylation is 1. The summed E-state index contributed by atoms with van der Waals surface area (Å²) in [5, 5.41) is 13.7. The molecule has 0 aliphatic rings. The van der Waals surface area contributed by atoms with Gasteiger partial charge in [0.25, 0.3) is 0 Å². The third kappa shape index (κ3) is 2.90. The number of benzene rings is 1. The Morgan fingerprint density at radius 3 is 2.45 bits per heavy atom. The molecule has 20 heavy (non-hydrogen) atoms. The zero-order valence-corrected chi connectivity index (χ0v) is 12.1. The van der Waals surface area contributed by atoms with Crippen LogP contribution in [-0.2, 0) is 6.54 Å². The molecule has 0 aliphatic carbocycles. The third-order valence-electron chi connectivity index (χ3n) is 3.30. The summed E-state index contributed by atoms with van der Waals surface area (Å²) in [4.78, 5) is 11.3. The lowest BCUT2D eigenvalue weighted by molar-refractivity contribution is 0.0697. The van der Waals surface area contributed by atoms with E-state index in [1.165, 1.54) is 5.56 Å². The maximum atomic E-state index is 11.3. The van der Waals surface area contributed by atoms with E-state index < -0.39 is 5.97 Å². The van der Waals surface area contributed by atoms with Gasteiger partial charge in [0.1, 0.15) is 11.3 Å². The number of rotatable bonds is 5. The Balaban J connectivity index is 2.42. The van der Waals surface area contributed by atoms with Crippen LogP contribution in [0.1, 0.15) is 49.0 Å². The summed E-state index contributed by atoms with van der Waals surface area (Å²) in [5.74, 6) is -0.476. The summed E-state index contributed by atoms with van der Waals surface area (Å²) in [6, 6.07) is 7.95. The standard InChI is InChI=1S/C16H20N2O2/c1-4-9-18-10-14(16(19)20)15(17-18)13-7-5-12(6-8-13)11(2)3/h5-8,10-11H,4,9H2,1-3H3,(H,19,20). The topological polar surface area (TPSA) is 55.1 Å². The number of hydrogen-bond donors (Lipinski definition) is 1. The molecule has 106 valence electrons. The van der Waals surface area contributed by atoms with Gasteiger partial charge in [0.2, 0.25) is 0 Å². The van der Waals surface area contributed by atoms with E-state index in [2.05, 4.69) is 18.9 Å². The summed E-state index contributed by atoms with van der Waals surface area (Å²) in [6.07, 6.45) is 2.53. The lowest BCUT2D eigenvalue weighted by atomic mass is 10.00. The number of aromatic nitrogens is 2. The van der Waals surface area contributed by atoms with E-state index >= 15 is 0 Å². The minimum absolute atomic E-state index is 0.260. The molecule has 4 heteroatoms. The Labute approximate surface area is 119 Å². The fourth-order valence-corrected chi connectivity index (χ4v) is 2.16. The second kappa shape index (κ2) is 5.90. The number of nitrogens with zero attached hydrogens (tertiary/aromatic N) is 2. The number of hydrogen-bond acceptors (Lipinski definition) is 2. The Hall–Kier alpha value is -2.10. The third-order valence-corrected chi connectivity index (χ3v) is 3.30. The van der Waals surface area contributed by atoms with Crippen LogP contribution in [0.3, 0.4) is 0 Å². The van der Waals surface area contributed by atoms with E-state index in [9.17, 15) is 9.90 Å². The largest absolute Gasteiger partial charge is 0.478 e. The highest BCUT2D eigenvalue weighted by Crippen LogP contribution is 2.24. The predicted molar refractivity (Wildman–Crippen MR) is 79.0 cm³/mol. The van der Waals surface area contributed by atoms with Crippen LogP contribution in [0.4, 0.5) is 0 Å². The second-order valence-corrected chi connectivity index (χ2v) is 5.24. The molecule has 2 rings (SSSR count). The Morgan fingerprint density at radius 2 is 1.95 bits per heavy atom. The van der Waals surface area contributed by atoms with E-state index in [0.717, 1.165) is 18.5 Å². The van der Waals surface area contributed by atoms with Crippen LogP contribution < -0.4 is 0 Å². The maximum Gasteiger partial charge on any atom is 0.339 e. The molecule has 0 amide bonds. The normalized spacial score (nSPS) is 11.0. The molecule has 2 aromatic rings. The molecule has 0 fully saturated rings. The fraction of sp³-hybridized carbons (Fsp3) is 0.375. The average Bonchev–Trinajstić information content (AvgIpc) is 2.83. The van der Waals surface area contributed by atoms with Crippen molar-refractivity contribution in [3.8, 4) is 11.3 Å². The smallest absolute Gasteiger partial charge is 0.339 e. The van der Waals surface area contributed by atoms with Gasteiger partial charge in [-0.1, -0.05) is 45.0 Å². The van der Waals surface area contributed by atoms with Gasteiger partial charge in [-0.25, -0.2) is 4.79 Å². The van der Waals surface area contributed by atoms with Crippen molar-refractivity contribution in [1.29, 1.82) is 0 Å². The van der Waals surface area contributed by atoms with Crippen LogP contribution in [0.2, 0.25) is 0 Å². The highest BCUT2D eigenvalue weighted by atomic mass is 16.4. The summed E-state index contributed by atoms with van der Waals surface area (Å²) in [6.45, 7) is 7.03. The maximum absolute atomic E-state index is 11.3. The van der Waals surface area contributed by atoms with Gasteiger partial charge >= 0.3 is 5.97 Å². The van der Waals surface area contributed by atoms with Gasteiger partial charge in [-0.05, 0) is 17.9 Å². The lowest BCUT2D eigenvalue weighted by Gasteiger charge is -2.06. The van der Waals surface area contributed by atoms with Gasteiger partial charge in [0.05, 0.1) is 0 Å². The van der Waals surface area contributed by atoms with E-state index in [-0.39, 0.29) is 5.56 Å². The number of aromatic carboxylic acids is 1. The molecule has 0 radical (unpaired) electrons. The first-order valence-corrected chi connectivity index (χ1v) is 6.94. The minimum Gasteiger partial charge on any atom is -0.478 e. The van der Waals surface area contributed by atoms with E-state index in [1.54, 1.807) is 10.9 Å². The van der Waals surface area contributed by atoms with Crippen LogP contribution in [0.5, 0.6) is 0 Å². The van der Waals surface area contributed by atoms with Gasteiger partial charge in [-0.3, -0.25) is 4.68 Å². The summed E-state index contributed by atoms with van der Waals surface area (Å²) >= 11 is 0. The van der Waals surface area contributed by atoms with Crippen molar-refractivity contribution in [2.75, 3.05) is 0 Å². The van der Waals surface area contributed by atoms with Crippen molar-refractivity contribution in [3.63, 3.8) is 0 Å². The summed E-state index contributed by atoms with van der Waals surface area (Å²) < 4.78 is 1.70. The Morgan fingerprint density at radius 1 is 1.30 bits per heavy atom. The molecule has 1 N–H and O–H groups in total. The van der Waals surface area contributed by atoms with Crippen molar-refractivity contribution in [2.45, 2.75) is 39.7 Å². The average molecular weight is 272 g/mol. The van der Waals surface area contributed by atoms with Gasteiger partial charge < -0.3 is 5.11 Å². The predicted octanol–water partition coefficient (Wildman–Crippen LogP) is 3.78. The molecule has 1 aromatic heterocycles. The molecule has 0 aliphatic heterocycles. The molecule has 1 heterocycles. The molecule has 0 bridgehead atoms. The van der Waals surface area contributed by atoms with Crippen molar-refractivity contribution in [2.24, 2.45) is 0 Å². The van der Waals surface area contributed by atoms with Gasteiger partial charge in [-0.15, -0.1) is 0 Å². The SMILES string of the molecule is CCCn1cc(C(=O)O)c(-c2ccc(C(C)C)cc2)n1. The second-order valence-electron chi connectivity index (χ2n) is 5.24. The quantitative estimate of drug-likeness (QED) is 0.901. The molecule has 0 atom stereocenters. The molecule has 0 saturated carbocycles. The number of carbonyl (C=O) groups is 1. The van der Waals surface area contributed by atoms with Crippen LogP contribution in [0.15, 0.2) is 30.5 Å². The van der Waals surface area contributed by atoms with Gasteiger partial charge in [0.15, 0.2) is 0 Å². The Kier molecular flexibility index (Phi) is 4.23. The zero-order chi connectivity index (χ0) is 14.7. The molecule has 1 aromatic carbocycles. The van der Waals surface area contributed by atoms with E-state index in [1.807, 2.05) is 31.2 Å². The van der Waals surface area contributed by atoms with Crippen molar-refractivity contribution >= 4 is 5.97 Å². The monoisotopic (exact) mass is 272 g/mol. The van der Waals surface area contributed by atoms with E-state index in [0.29, 0.717) is 11.6 Å². The fourth-order valence-electron chi connectivity index (χ4n) is 2.16. The minimum atomic E-state index is -0.935. The first-order chi connectivity index (χ1) is 9.52. The molecule has 0 unspecified atom stereocenters. The zero-order valence-electron chi connectivity index (χ0n) is 12.1. The van der Waals surface area contributed by atoms with Gasteiger partial charge in [-0.2, -0.15) is 5.10 Å². The van der Waals surface area contributed by atoms with Crippen LogP contribution >= 0.6 is 0 Å². The summed E-state index contributed by atoms with van der Waals surface area (Å²) in [7, 11) is 0. The van der Waals surface area contributed by atoms with Crippen molar-refractivity contribution in [3.05, 3.63) is 41.6 Å². The molecular weight excluding hydrogens is 252 g/mol. The molecule has 0 saturated heterocycles. The van der Waals surface area contributed by atoms with Crippen molar-refractivity contribution in [1.82, 2.24) is 9.78 Å². The van der Waals surface area contributed by atoms with Crippen molar-refractivity contribution < 1.29 is 9.90 Å². The molecule has 0 spiro atoms. The highest BCUT2D eigenvalue weighted by Gasteiger charge is 2.17. The number of carboxylic acid groups (broad SMARTS) is 1. The lowest BCUT2D eigenvalue weighted by Crippen LogP contribution is -1.97. The highest BCUT2D eigenvalue weighted by molar-refractivity contribution is 5.94. The van der Waals surface area contributed by atoms with Crippen LogP contribution in [0, 0.1) is 0 Å². The first kappa shape index (κ1) is 14.3. The van der Waals surface area contributed by atoms with E-state index in [4.69, 9.17) is 0 Å². The van der Waals surface area contributed by atoms with Crippen LogP contribution in [0.25, 0.3) is 11.3 Å². The summed E-state index contributed by atoms with van der Waals surface area (Å²) in [5.41, 5.74) is 2.89. The van der Waals surface area contributed by atoms with Gasteiger partial charge in [0, 0.05) is 18.3 Å². The van der Waals surface area contributed by atoms with Crippen LogP contribution in [-0.4, -0.2) is 20.9 Å². The first-order valence-electron chi connectivity index (χ1n) is 6.94.